The average molecular weight is 400 g/mol. The summed E-state index contributed by atoms with van der Waals surface area (Å²) in [6, 6.07) is 9.84. The van der Waals surface area contributed by atoms with Crippen LogP contribution >= 0.6 is 22.7 Å². The first-order valence-electron chi connectivity index (χ1n) is 8.67. The molecule has 0 bridgehead atoms. The molecule has 3 rings (SSSR count). The number of rotatable bonds is 7. The van der Waals surface area contributed by atoms with Crippen LogP contribution in [0.25, 0.3) is 11.3 Å². The summed E-state index contributed by atoms with van der Waals surface area (Å²) in [7, 11) is 0. The van der Waals surface area contributed by atoms with Gasteiger partial charge in [0.15, 0.2) is 5.13 Å². The third kappa shape index (κ3) is 5.24. The Balaban J connectivity index is 1.45. The molecule has 0 radical (unpaired) electrons. The Labute approximate surface area is 166 Å². The van der Waals surface area contributed by atoms with E-state index in [4.69, 9.17) is 0 Å². The van der Waals surface area contributed by atoms with Crippen molar-refractivity contribution in [3.8, 4) is 11.3 Å². The number of hydrogen-bond acceptors (Lipinski definition) is 5. The van der Waals surface area contributed by atoms with Gasteiger partial charge in [0.25, 0.3) is 5.91 Å². The number of benzene rings is 1. The van der Waals surface area contributed by atoms with E-state index < -0.39 is 0 Å². The van der Waals surface area contributed by atoms with Gasteiger partial charge in [-0.25, -0.2) is 4.98 Å². The minimum Gasteiger partial charge on any atom is -0.351 e. The first-order valence-corrected chi connectivity index (χ1v) is 10.4. The molecule has 0 saturated heterocycles. The van der Waals surface area contributed by atoms with Gasteiger partial charge in [-0.15, -0.1) is 22.7 Å². The molecule has 2 N–H and O–H groups in total. The van der Waals surface area contributed by atoms with Crippen LogP contribution in [0.5, 0.6) is 0 Å². The molecule has 27 heavy (non-hydrogen) atoms. The molecule has 0 fully saturated rings. The van der Waals surface area contributed by atoms with Gasteiger partial charge in [-0.1, -0.05) is 18.2 Å². The van der Waals surface area contributed by atoms with E-state index in [9.17, 15) is 9.59 Å². The maximum Gasteiger partial charge on any atom is 0.261 e. The van der Waals surface area contributed by atoms with Crippen molar-refractivity contribution in [1.29, 1.82) is 0 Å². The normalized spacial score (nSPS) is 10.6. The second-order valence-corrected chi connectivity index (χ2v) is 8.03. The fraction of sp³-hybridized carbons (Fsp3) is 0.250. The van der Waals surface area contributed by atoms with Crippen LogP contribution in [-0.2, 0) is 4.79 Å². The van der Waals surface area contributed by atoms with E-state index >= 15 is 0 Å². The zero-order chi connectivity index (χ0) is 19.2. The smallest absolute Gasteiger partial charge is 0.261 e. The number of thiazole rings is 1. The first-order chi connectivity index (χ1) is 13.0. The van der Waals surface area contributed by atoms with Crippen LogP contribution in [-0.4, -0.2) is 23.3 Å². The van der Waals surface area contributed by atoms with Crippen LogP contribution in [0.4, 0.5) is 5.13 Å². The largest absolute Gasteiger partial charge is 0.351 e. The molecule has 5 nitrogen and oxygen atoms in total. The van der Waals surface area contributed by atoms with E-state index in [-0.39, 0.29) is 11.8 Å². The third-order valence-electron chi connectivity index (χ3n) is 4.16. The van der Waals surface area contributed by atoms with Gasteiger partial charge in [0.05, 0.1) is 10.6 Å². The summed E-state index contributed by atoms with van der Waals surface area (Å²) >= 11 is 2.81. The van der Waals surface area contributed by atoms with E-state index in [1.54, 1.807) is 6.07 Å². The Bertz CT molecular complexity index is 933. The highest BCUT2D eigenvalue weighted by atomic mass is 32.1. The highest BCUT2D eigenvalue weighted by Crippen LogP contribution is 2.26. The molecule has 2 heterocycles. The lowest BCUT2D eigenvalue weighted by atomic mass is 10.1. The van der Waals surface area contributed by atoms with Gasteiger partial charge in [-0.05, 0) is 48.9 Å². The quantitative estimate of drug-likeness (QED) is 0.569. The highest BCUT2D eigenvalue weighted by molar-refractivity contribution is 7.14. The Morgan fingerprint density at radius 1 is 1.11 bits per heavy atom. The van der Waals surface area contributed by atoms with Crippen LogP contribution in [0.15, 0.2) is 41.1 Å². The van der Waals surface area contributed by atoms with E-state index in [0.717, 1.165) is 11.3 Å². The molecule has 1 aromatic carbocycles. The van der Waals surface area contributed by atoms with Crippen LogP contribution < -0.4 is 10.6 Å². The summed E-state index contributed by atoms with van der Waals surface area (Å²) in [4.78, 5) is 29.1. The Kier molecular flexibility index (Phi) is 6.36. The molecule has 0 aliphatic rings. The Morgan fingerprint density at radius 2 is 1.96 bits per heavy atom. The molecule has 2 amide bonds. The van der Waals surface area contributed by atoms with E-state index in [1.807, 2.05) is 22.9 Å². The minimum atomic E-state index is -0.0960. The number of nitrogens with zero attached hydrogens (tertiary/aromatic N) is 1. The standard InChI is InChI=1S/C20H21N3O2S2/c1-13-7-8-15(11-14(13)2)16-12-27-20(22-16)23-18(24)6-3-9-21-19(25)17-5-4-10-26-17/h4-5,7-8,10-12H,3,6,9H2,1-2H3,(H,21,25)(H,22,23,24). The Morgan fingerprint density at radius 3 is 2.70 bits per heavy atom. The fourth-order valence-electron chi connectivity index (χ4n) is 2.49. The lowest BCUT2D eigenvalue weighted by Gasteiger charge is -2.04. The van der Waals surface area contributed by atoms with Gasteiger partial charge in [-0.2, -0.15) is 0 Å². The van der Waals surface area contributed by atoms with Gasteiger partial charge in [0.2, 0.25) is 5.91 Å². The number of thiophene rings is 1. The van der Waals surface area contributed by atoms with Gasteiger partial charge < -0.3 is 10.6 Å². The topological polar surface area (TPSA) is 71.1 Å². The third-order valence-corrected chi connectivity index (χ3v) is 5.79. The summed E-state index contributed by atoms with van der Waals surface area (Å²) in [5, 5.41) is 10.1. The molecular formula is C20H21N3O2S2. The highest BCUT2D eigenvalue weighted by Gasteiger charge is 2.10. The van der Waals surface area contributed by atoms with E-state index in [0.29, 0.717) is 29.4 Å². The number of anilines is 1. The zero-order valence-corrected chi connectivity index (χ0v) is 16.9. The minimum absolute atomic E-state index is 0.0941. The molecular weight excluding hydrogens is 378 g/mol. The first kappa shape index (κ1) is 19.3. The molecule has 0 atom stereocenters. The maximum absolute atomic E-state index is 12.1. The number of aryl methyl sites for hydroxylation is 2. The van der Waals surface area contributed by atoms with Gasteiger partial charge in [-0.3, -0.25) is 9.59 Å². The summed E-state index contributed by atoms with van der Waals surface area (Å²) < 4.78 is 0. The van der Waals surface area contributed by atoms with Crippen LogP contribution in [0.1, 0.15) is 33.6 Å². The summed E-state index contributed by atoms with van der Waals surface area (Å²) in [5.41, 5.74) is 4.37. The second kappa shape index (κ2) is 8.92. The summed E-state index contributed by atoms with van der Waals surface area (Å²) in [6.07, 6.45) is 0.918. The van der Waals surface area contributed by atoms with Crippen molar-refractivity contribution in [2.24, 2.45) is 0 Å². The number of nitrogens with one attached hydrogen (secondary N) is 2. The molecule has 2 aromatic heterocycles. The van der Waals surface area contributed by atoms with Crippen LogP contribution in [0, 0.1) is 13.8 Å². The molecule has 0 aliphatic carbocycles. The number of hydrogen-bond donors (Lipinski definition) is 2. The second-order valence-electron chi connectivity index (χ2n) is 6.22. The SMILES string of the molecule is Cc1ccc(-c2csc(NC(=O)CCCNC(=O)c3cccs3)n2)cc1C. The van der Waals surface area contributed by atoms with Gasteiger partial charge in [0.1, 0.15) is 0 Å². The van der Waals surface area contributed by atoms with E-state index in [2.05, 4.69) is 41.6 Å². The molecule has 7 heteroatoms. The average Bonchev–Trinajstić information content (AvgIpc) is 3.33. The maximum atomic E-state index is 12.1. The molecule has 0 aliphatic heterocycles. The van der Waals surface area contributed by atoms with Crippen LogP contribution in [0.3, 0.4) is 0 Å². The lowest BCUT2D eigenvalue weighted by molar-refractivity contribution is -0.116. The fourth-order valence-corrected chi connectivity index (χ4v) is 3.87. The van der Waals surface area contributed by atoms with Crippen LogP contribution in [0.2, 0.25) is 0 Å². The Hall–Kier alpha value is -2.51. The number of aromatic nitrogens is 1. The predicted molar refractivity (Wildman–Crippen MR) is 112 cm³/mol. The number of amides is 2. The summed E-state index contributed by atoms with van der Waals surface area (Å²) in [6.45, 7) is 4.62. The molecule has 0 saturated carbocycles. The number of carbonyl (C=O) groups is 2. The molecule has 3 aromatic rings. The number of carbonyl (C=O) groups excluding carboxylic acids is 2. The van der Waals surface area contributed by atoms with Gasteiger partial charge in [0, 0.05) is 23.9 Å². The predicted octanol–water partition coefficient (Wildman–Crippen LogP) is 4.64. The lowest BCUT2D eigenvalue weighted by Crippen LogP contribution is -2.24. The van der Waals surface area contributed by atoms with Crippen molar-refractivity contribution in [3.05, 3.63) is 57.1 Å². The van der Waals surface area contributed by atoms with Crippen molar-refractivity contribution in [3.63, 3.8) is 0 Å². The van der Waals surface area contributed by atoms with Crippen molar-refractivity contribution < 1.29 is 9.59 Å². The molecule has 0 unspecified atom stereocenters. The molecule has 0 spiro atoms. The van der Waals surface area contributed by atoms with Gasteiger partial charge >= 0.3 is 0 Å². The van der Waals surface area contributed by atoms with Crippen molar-refractivity contribution >= 4 is 39.6 Å². The van der Waals surface area contributed by atoms with Crippen molar-refractivity contribution in [1.82, 2.24) is 10.3 Å². The van der Waals surface area contributed by atoms with Crippen molar-refractivity contribution in [2.75, 3.05) is 11.9 Å². The zero-order valence-electron chi connectivity index (χ0n) is 15.2. The van der Waals surface area contributed by atoms with E-state index in [1.165, 1.54) is 33.8 Å². The summed E-state index contributed by atoms with van der Waals surface area (Å²) in [5.74, 6) is -0.190. The van der Waals surface area contributed by atoms with Crippen molar-refractivity contribution in [2.45, 2.75) is 26.7 Å². The molecule has 140 valence electrons. The monoisotopic (exact) mass is 399 g/mol.